The van der Waals surface area contributed by atoms with Gasteiger partial charge < -0.3 is 5.11 Å². The topological polar surface area (TPSA) is 74.7 Å². The first kappa shape index (κ1) is 16.5. The van der Waals surface area contributed by atoms with Crippen molar-refractivity contribution in [1.29, 1.82) is 0 Å². The minimum absolute atomic E-state index is 0.0767. The zero-order valence-corrected chi connectivity index (χ0v) is 13.7. The smallest absolute Gasteiger partial charge is 0.320 e. The molecule has 0 saturated carbocycles. The van der Waals surface area contributed by atoms with E-state index in [2.05, 4.69) is 0 Å². The Morgan fingerprint density at radius 1 is 1.08 bits per heavy atom. The van der Waals surface area contributed by atoms with Crippen LogP contribution >= 0.6 is 23.2 Å². The Bertz CT molecular complexity index is 865. The fraction of sp³-hybridized carbons (Fsp3) is 0.118. The zero-order chi connectivity index (χ0) is 17.4. The molecule has 5 nitrogen and oxygen atoms in total. The molecule has 0 saturated heterocycles. The van der Waals surface area contributed by atoms with E-state index in [1.54, 1.807) is 30.3 Å². The average Bonchev–Trinajstić information content (AvgIpc) is 2.54. The SMILES string of the molecule is O=C(O)C1C(=O)N(Cc2ccc(Cl)c(Cl)c2)C(=O)c2ccccc21. The van der Waals surface area contributed by atoms with Crippen LogP contribution in [0.15, 0.2) is 42.5 Å². The van der Waals surface area contributed by atoms with E-state index in [1.165, 1.54) is 12.1 Å². The molecule has 0 aliphatic carbocycles. The molecule has 1 unspecified atom stereocenters. The highest BCUT2D eigenvalue weighted by Gasteiger charge is 2.42. The van der Waals surface area contributed by atoms with Gasteiger partial charge in [-0.1, -0.05) is 47.5 Å². The van der Waals surface area contributed by atoms with Gasteiger partial charge >= 0.3 is 5.97 Å². The Balaban J connectivity index is 2.02. The van der Waals surface area contributed by atoms with E-state index < -0.39 is 23.7 Å². The second kappa shape index (κ2) is 6.26. The zero-order valence-electron chi connectivity index (χ0n) is 12.2. The number of imide groups is 1. The molecule has 0 radical (unpaired) electrons. The summed E-state index contributed by atoms with van der Waals surface area (Å²) >= 11 is 11.8. The first-order chi connectivity index (χ1) is 11.4. The van der Waals surface area contributed by atoms with Gasteiger partial charge in [0.05, 0.1) is 16.6 Å². The summed E-state index contributed by atoms with van der Waals surface area (Å²) in [6, 6.07) is 11.0. The van der Waals surface area contributed by atoms with Crippen molar-refractivity contribution in [3.8, 4) is 0 Å². The molecule has 7 heteroatoms. The van der Waals surface area contributed by atoms with Crippen molar-refractivity contribution in [3.05, 3.63) is 69.2 Å². The molecule has 1 atom stereocenters. The lowest BCUT2D eigenvalue weighted by Crippen LogP contribution is -2.46. The number of halogens is 2. The first-order valence-electron chi connectivity index (χ1n) is 7.01. The number of hydrogen-bond acceptors (Lipinski definition) is 3. The van der Waals surface area contributed by atoms with Crippen molar-refractivity contribution >= 4 is 41.0 Å². The summed E-state index contributed by atoms with van der Waals surface area (Å²) in [7, 11) is 0. The van der Waals surface area contributed by atoms with Crippen LogP contribution in [0.25, 0.3) is 0 Å². The third-order valence-corrected chi connectivity index (χ3v) is 4.57. The van der Waals surface area contributed by atoms with E-state index in [1.807, 2.05) is 0 Å². The van der Waals surface area contributed by atoms with Crippen molar-refractivity contribution < 1.29 is 19.5 Å². The van der Waals surface area contributed by atoms with E-state index in [0.29, 0.717) is 15.6 Å². The van der Waals surface area contributed by atoms with Gasteiger partial charge in [0.15, 0.2) is 5.92 Å². The molecule has 1 aliphatic heterocycles. The quantitative estimate of drug-likeness (QED) is 0.670. The molecule has 2 aromatic carbocycles. The Morgan fingerprint density at radius 2 is 1.79 bits per heavy atom. The lowest BCUT2D eigenvalue weighted by Gasteiger charge is -2.30. The van der Waals surface area contributed by atoms with Crippen molar-refractivity contribution in [2.75, 3.05) is 0 Å². The molecule has 0 aromatic heterocycles. The highest BCUT2D eigenvalue weighted by Crippen LogP contribution is 2.31. The van der Waals surface area contributed by atoms with Crippen LogP contribution in [0.3, 0.4) is 0 Å². The van der Waals surface area contributed by atoms with Crippen LogP contribution in [0.1, 0.15) is 27.4 Å². The molecule has 0 bridgehead atoms. The fourth-order valence-corrected chi connectivity index (χ4v) is 3.01. The summed E-state index contributed by atoms with van der Waals surface area (Å²) < 4.78 is 0. The first-order valence-corrected chi connectivity index (χ1v) is 7.77. The number of aliphatic carboxylic acids is 1. The van der Waals surface area contributed by atoms with Gasteiger partial charge in [0.1, 0.15) is 0 Å². The second-order valence-electron chi connectivity index (χ2n) is 5.34. The van der Waals surface area contributed by atoms with E-state index in [9.17, 15) is 19.5 Å². The van der Waals surface area contributed by atoms with Gasteiger partial charge in [0.2, 0.25) is 5.91 Å². The normalized spacial score (nSPS) is 16.9. The van der Waals surface area contributed by atoms with Crippen molar-refractivity contribution in [2.24, 2.45) is 0 Å². The molecular formula is C17H11Cl2NO4. The van der Waals surface area contributed by atoms with Gasteiger partial charge in [0, 0.05) is 5.56 Å². The Morgan fingerprint density at radius 3 is 2.46 bits per heavy atom. The lowest BCUT2D eigenvalue weighted by atomic mass is 9.88. The number of hydrogen-bond donors (Lipinski definition) is 1. The highest BCUT2D eigenvalue weighted by atomic mass is 35.5. The molecule has 2 aromatic rings. The van der Waals surface area contributed by atoms with E-state index in [0.717, 1.165) is 4.90 Å². The van der Waals surface area contributed by atoms with E-state index >= 15 is 0 Å². The molecule has 3 rings (SSSR count). The largest absolute Gasteiger partial charge is 0.480 e. The van der Waals surface area contributed by atoms with Crippen molar-refractivity contribution in [2.45, 2.75) is 12.5 Å². The Kier molecular flexibility index (Phi) is 4.30. The van der Waals surface area contributed by atoms with Crippen LogP contribution in [0.5, 0.6) is 0 Å². The number of nitrogens with zero attached hydrogens (tertiary/aromatic N) is 1. The summed E-state index contributed by atoms with van der Waals surface area (Å²) in [6.07, 6.45) is 0. The van der Waals surface area contributed by atoms with Gasteiger partial charge in [-0.3, -0.25) is 19.3 Å². The van der Waals surface area contributed by atoms with Gasteiger partial charge in [-0.15, -0.1) is 0 Å². The number of rotatable bonds is 3. The number of amides is 2. The number of fused-ring (bicyclic) bond motifs is 1. The van der Waals surface area contributed by atoms with Crippen LogP contribution in [-0.2, 0) is 16.1 Å². The Labute approximate surface area is 147 Å². The number of benzene rings is 2. The standard InChI is InChI=1S/C17H11Cl2NO4/c18-12-6-5-9(7-13(12)19)8-20-15(21)11-4-2-1-3-10(11)14(16(20)22)17(23)24/h1-7,14H,8H2,(H,23,24). The summed E-state index contributed by atoms with van der Waals surface area (Å²) in [5.74, 6) is -3.99. The molecular weight excluding hydrogens is 353 g/mol. The number of carboxylic acids is 1. The van der Waals surface area contributed by atoms with Crippen LogP contribution in [0.4, 0.5) is 0 Å². The molecule has 2 amide bonds. The van der Waals surface area contributed by atoms with Gasteiger partial charge in [0.25, 0.3) is 5.91 Å². The number of carbonyl (C=O) groups excluding carboxylic acids is 2. The number of carbonyl (C=O) groups is 3. The minimum atomic E-state index is -1.40. The van der Waals surface area contributed by atoms with Crippen LogP contribution in [0.2, 0.25) is 10.0 Å². The number of carboxylic acid groups (broad SMARTS) is 1. The summed E-state index contributed by atoms with van der Waals surface area (Å²) in [5.41, 5.74) is 1.00. The summed E-state index contributed by atoms with van der Waals surface area (Å²) in [6.45, 7) is -0.0767. The van der Waals surface area contributed by atoms with Gasteiger partial charge in [-0.25, -0.2) is 0 Å². The molecule has 1 heterocycles. The van der Waals surface area contributed by atoms with E-state index in [4.69, 9.17) is 23.2 Å². The van der Waals surface area contributed by atoms with Crippen molar-refractivity contribution in [1.82, 2.24) is 4.90 Å². The third kappa shape index (κ3) is 2.77. The van der Waals surface area contributed by atoms with Gasteiger partial charge in [-0.05, 0) is 29.3 Å². The molecule has 24 heavy (non-hydrogen) atoms. The summed E-state index contributed by atoms with van der Waals surface area (Å²) in [4.78, 5) is 37.6. The van der Waals surface area contributed by atoms with Crippen LogP contribution < -0.4 is 0 Å². The third-order valence-electron chi connectivity index (χ3n) is 3.83. The molecule has 1 N–H and O–H groups in total. The molecule has 1 aliphatic rings. The predicted octanol–water partition coefficient (Wildman–Crippen LogP) is 3.34. The fourth-order valence-electron chi connectivity index (χ4n) is 2.69. The molecule has 0 fully saturated rings. The maximum atomic E-state index is 12.6. The molecule has 0 spiro atoms. The summed E-state index contributed by atoms with van der Waals surface area (Å²) in [5, 5.41) is 10.1. The maximum absolute atomic E-state index is 12.6. The predicted molar refractivity (Wildman–Crippen MR) is 88.2 cm³/mol. The van der Waals surface area contributed by atoms with Crippen LogP contribution in [-0.4, -0.2) is 27.8 Å². The highest BCUT2D eigenvalue weighted by molar-refractivity contribution is 6.42. The van der Waals surface area contributed by atoms with Crippen molar-refractivity contribution in [3.63, 3.8) is 0 Å². The minimum Gasteiger partial charge on any atom is -0.480 e. The monoisotopic (exact) mass is 363 g/mol. The Hall–Kier alpha value is -2.37. The van der Waals surface area contributed by atoms with Gasteiger partial charge in [-0.2, -0.15) is 0 Å². The van der Waals surface area contributed by atoms with Crippen LogP contribution in [0, 0.1) is 0 Å². The maximum Gasteiger partial charge on any atom is 0.320 e. The second-order valence-corrected chi connectivity index (χ2v) is 6.15. The average molecular weight is 364 g/mol. The molecule has 122 valence electrons. The van der Waals surface area contributed by atoms with E-state index in [-0.39, 0.29) is 17.7 Å². The lowest BCUT2D eigenvalue weighted by molar-refractivity contribution is -0.146.